The van der Waals surface area contributed by atoms with E-state index in [2.05, 4.69) is 5.32 Å². The zero-order valence-corrected chi connectivity index (χ0v) is 18.0. The summed E-state index contributed by atoms with van der Waals surface area (Å²) in [4.78, 5) is 13.0. The van der Waals surface area contributed by atoms with E-state index < -0.39 is 10.0 Å². The molecule has 0 aromatic heterocycles. The van der Waals surface area contributed by atoms with E-state index in [9.17, 15) is 13.2 Å². The molecule has 6 heteroatoms. The summed E-state index contributed by atoms with van der Waals surface area (Å²) in [6, 6.07) is 24.7. The maximum absolute atomic E-state index is 13.0. The van der Waals surface area contributed by atoms with Crippen molar-refractivity contribution >= 4 is 21.6 Å². The van der Waals surface area contributed by atoms with Crippen LogP contribution in [0.1, 0.15) is 42.2 Å². The van der Waals surface area contributed by atoms with E-state index in [1.165, 1.54) is 4.31 Å². The number of hydrogen-bond donors (Lipinski definition) is 1. The van der Waals surface area contributed by atoms with Crippen LogP contribution in [0.2, 0.25) is 0 Å². The molecule has 0 heterocycles. The number of benzene rings is 3. The third kappa shape index (κ3) is 4.71. The second-order valence-corrected chi connectivity index (χ2v) is 8.74. The van der Waals surface area contributed by atoms with E-state index in [1.54, 1.807) is 61.5 Å². The first-order valence-corrected chi connectivity index (χ1v) is 11.4. The summed E-state index contributed by atoms with van der Waals surface area (Å²) in [6.45, 7) is 4.09. The van der Waals surface area contributed by atoms with E-state index in [-0.39, 0.29) is 23.4 Å². The predicted molar refractivity (Wildman–Crippen MR) is 120 cm³/mol. The minimum atomic E-state index is -3.66. The van der Waals surface area contributed by atoms with E-state index >= 15 is 0 Å². The lowest BCUT2D eigenvalue weighted by Crippen LogP contribution is -2.31. The summed E-state index contributed by atoms with van der Waals surface area (Å²) in [5.74, 6) is -0.189. The molecule has 0 aliphatic heterocycles. The molecular weight excluding hydrogens is 396 g/mol. The van der Waals surface area contributed by atoms with Crippen molar-refractivity contribution < 1.29 is 13.2 Å². The van der Waals surface area contributed by atoms with Gasteiger partial charge in [0.25, 0.3) is 15.9 Å². The minimum absolute atomic E-state index is 0.0797. The van der Waals surface area contributed by atoms with Crippen LogP contribution in [-0.4, -0.2) is 20.9 Å². The van der Waals surface area contributed by atoms with Crippen LogP contribution in [0.5, 0.6) is 0 Å². The third-order valence-corrected chi connectivity index (χ3v) is 6.87. The molecule has 3 aromatic carbocycles. The number of nitrogens with one attached hydrogen (secondary N) is 1. The second-order valence-electron chi connectivity index (χ2n) is 6.87. The van der Waals surface area contributed by atoms with Gasteiger partial charge >= 0.3 is 0 Å². The van der Waals surface area contributed by atoms with Gasteiger partial charge in [0.15, 0.2) is 0 Å². The first-order valence-electron chi connectivity index (χ1n) is 10.0. The Kier molecular flexibility index (Phi) is 6.90. The van der Waals surface area contributed by atoms with Crippen molar-refractivity contribution in [3.63, 3.8) is 0 Å². The topological polar surface area (TPSA) is 66.5 Å². The highest BCUT2D eigenvalue weighted by molar-refractivity contribution is 7.92. The van der Waals surface area contributed by atoms with Gasteiger partial charge in [-0.05, 0) is 55.3 Å². The zero-order valence-electron chi connectivity index (χ0n) is 17.2. The molecule has 0 bridgehead atoms. The Labute approximate surface area is 178 Å². The van der Waals surface area contributed by atoms with Crippen molar-refractivity contribution in [2.24, 2.45) is 0 Å². The Morgan fingerprint density at radius 1 is 0.867 bits per heavy atom. The lowest BCUT2D eigenvalue weighted by atomic mass is 10.0. The summed E-state index contributed by atoms with van der Waals surface area (Å²) in [7, 11) is -3.66. The molecule has 0 saturated heterocycles. The molecule has 0 saturated carbocycles. The van der Waals surface area contributed by atoms with Gasteiger partial charge in [0.05, 0.1) is 16.6 Å². The van der Waals surface area contributed by atoms with Gasteiger partial charge in [-0.25, -0.2) is 8.42 Å². The number of hydrogen-bond acceptors (Lipinski definition) is 3. The molecule has 1 N–H and O–H groups in total. The number of anilines is 1. The van der Waals surface area contributed by atoms with Gasteiger partial charge in [0.2, 0.25) is 0 Å². The molecule has 156 valence electrons. The van der Waals surface area contributed by atoms with E-state index in [0.717, 1.165) is 12.0 Å². The number of carbonyl (C=O) groups is 1. The molecule has 0 unspecified atom stereocenters. The van der Waals surface area contributed by atoms with Crippen molar-refractivity contribution in [2.45, 2.75) is 31.2 Å². The van der Waals surface area contributed by atoms with Gasteiger partial charge in [-0.2, -0.15) is 0 Å². The summed E-state index contributed by atoms with van der Waals surface area (Å²) in [6.07, 6.45) is 0.771. The second kappa shape index (κ2) is 9.59. The van der Waals surface area contributed by atoms with Crippen molar-refractivity contribution in [1.29, 1.82) is 0 Å². The normalized spacial score (nSPS) is 12.2. The quantitative estimate of drug-likeness (QED) is 0.568. The number of rotatable bonds is 8. The predicted octanol–water partition coefficient (Wildman–Crippen LogP) is 4.78. The number of amides is 1. The Bertz CT molecular complexity index is 1070. The van der Waals surface area contributed by atoms with Gasteiger partial charge in [-0.15, -0.1) is 0 Å². The Morgan fingerprint density at radius 3 is 1.97 bits per heavy atom. The van der Waals surface area contributed by atoms with Crippen LogP contribution in [-0.2, 0) is 10.0 Å². The lowest BCUT2D eigenvalue weighted by Gasteiger charge is -2.23. The maximum atomic E-state index is 13.0. The highest BCUT2D eigenvalue weighted by atomic mass is 32.2. The van der Waals surface area contributed by atoms with Gasteiger partial charge in [0, 0.05) is 12.1 Å². The van der Waals surface area contributed by atoms with E-state index in [1.807, 2.05) is 37.3 Å². The molecular formula is C24H26N2O3S. The number of nitrogens with zero attached hydrogens (tertiary/aromatic N) is 1. The monoisotopic (exact) mass is 422 g/mol. The largest absolute Gasteiger partial charge is 0.345 e. The average molecular weight is 423 g/mol. The van der Waals surface area contributed by atoms with Crippen LogP contribution >= 0.6 is 0 Å². The molecule has 1 atom stereocenters. The van der Waals surface area contributed by atoms with E-state index in [4.69, 9.17) is 0 Å². The standard InChI is InChI=1S/C24H26N2O3S/c1-3-23(19-11-7-5-8-12-19)25-24(27)20-15-17-21(18-16-20)26(4-2)30(28,29)22-13-9-6-10-14-22/h5-18,23H,3-4H2,1-2H3,(H,25,27)/t23-/m0/s1. The maximum Gasteiger partial charge on any atom is 0.264 e. The number of carbonyl (C=O) groups excluding carboxylic acids is 1. The molecule has 1 amide bonds. The Morgan fingerprint density at radius 2 is 1.43 bits per heavy atom. The molecule has 3 rings (SSSR count). The fourth-order valence-electron chi connectivity index (χ4n) is 3.34. The molecule has 5 nitrogen and oxygen atoms in total. The fourth-order valence-corrected chi connectivity index (χ4v) is 4.83. The molecule has 0 fully saturated rings. The molecule has 0 aliphatic carbocycles. The van der Waals surface area contributed by atoms with Crippen LogP contribution in [0.3, 0.4) is 0 Å². The molecule has 0 spiro atoms. The van der Waals surface area contributed by atoms with Crippen molar-refractivity contribution in [3.05, 3.63) is 96.1 Å². The van der Waals surface area contributed by atoms with Gasteiger partial charge in [0.1, 0.15) is 0 Å². The smallest absolute Gasteiger partial charge is 0.264 e. The average Bonchev–Trinajstić information content (AvgIpc) is 2.79. The molecule has 30 heavy (non-hydrogen) atoms. The lowest BCUT2D eigenvalue weighted by molar-refractivity contribution is 0.0935. The van der Waals surface area contributed by atoms with Crippen LogP contribution < -0.4 is 9.62 Å². The Balaban J connectivity index is 1.79. The van der Waals surface area contributed by atoms with E-state index in [0.29, 0.717) is 11.3 Å². The van der Waals surface area contributed by atoms with Gasteiger partial charge in [-0.1, -0.05) is 55.5 Å². The molecule has 0 aliphatic rings. The van der Waals surface area contributed by atoms with Crippen LogP contribution in [0.15, 0.2) is 89.8 Å². The minimum Gasteiger partial charge on any atom is -0.345 e. The number of sulfonamides is 1. The molecule has 3 aromatic rings. The zero-order chi connectivity index (χ0) is 21.6. The van der Waals surface area contributed by atoms with Crippen LogP contribution in [0, 0.1) is 0 Å². The first kappa shape index (κ1) is 21.6. The van der Waals surface area contributed by atoms with Crippen molar-refractivity contribution in [2.75, 3.05) is 10.8 Å². The highest BCUT2D eigenvalue weighted by Crippen LogP contribution is 2.24. The third-order valence-electron chi connectivity index (χ3n) is 4.95. The van der Waals surface area contributed by atoms with Crippen LogP contribution in [0.4, 0.5) is 5.69 Å². The first-order chi connectivity index (χ1) is 14.5. The van der Waals surface area contributed by atoms with Gasteiger partial charge < -0.3 is 5.32 Å². The van der Waals surface area contributed by atoms with Crippen LogP contribution in [0.25, 0.3) is 0 Å². The fraction of sp³-hybridized carbons (Fsp3) is 0.208. The van der Waals surface area contributed by atoms with Crippen molar-refractivity contribution in [1.82, 2.24) is 5.32 Å². The summed E-state index contributed by atoms with van der Waals surface area (Å²) in [5, 5.41) is 3.05. The summed E-state index contributed by atoms with van der Waals surface area (Å²) in [5.41, 5.74) is 2.06. The summed E-state index contributed by atoms with van der Waals surface area (Å²) >= 11 is 0. The molecule has 0 radical (unpaired) electrons. The van der Waals surface area contributed by atoms with Gasteiger partial charge in [-0.3, -0.25) is 9.10 Å². The Hall–Kier alpha value is -3.12. The SMILES string of the molecule is CC[C@H](NC(=O)c1ccc(N(CC)S(=O)(=O)c2ccccc2)cc1)c1ccccc1. The summed E-state index contributed by atoms with van der Waals surface area (Å²) < 4.78 is 27.3. The highest BCUT2D eigenvalue weighted by Gasteiger charge is 2.23. The van der Waals surface area contributed by atoms with Crippen molar-refractivity contribution in [3.8, 4) is 0 Å².